The summed E-state index contributed by atoms with van der Waals surface area (Å²) in [6, 6.07) is 2.33. The lowest BCUT2D eigenvalue weighted by molar-refractivity contribution is -0.120. The van der Waals surface area contributed by atoms with Crippen LogP contribution in [0.15, 0.2) is 21.3 Å². The first-order valence-corrected chi connectivity index (χ1v) is 6.91. The fourth-order valence-corrected chi connectivity index (χ4v) is 1.97. The molecule has 0 aliphatic heterocycles. The van der Waals surface area contributed by atoms with Crippen molar-refractivity contribution in [3.63, 3.8) is 0 Å². The molecule has 1 heterocycles. The molecule has 0 fully saturated rings. The lowest BCUT2D eigenvalue weighted by Gasteiger charge is -2.09. The van der Waals surface area contributed by atoms with Gasteiger partial charge in [-0.1, -0.05) is 32.6 Å². The minimum absolute atomic E-state index is 0.0465. The van der Waals surface area contributed by atoms with E-state index in [4.69, 9.17) is 4.42 Å². The van der Waals surface area contributed by atoms with Gasteiger partial charge in [-0.05, 0) is 13.3 Å². The first kappa shape index (κ1) is 15.5. The van der Waals surface area contributed by atoms with Crippen molar-refractivity contribution in [1.29, 1.82) is 0 Å². The number of unbranched alkanes of at least 4 members (excludes halogenated alkanes) is 4. The zero-order valence-electron chi connectivity index (χ0n) is 11.6. The van der Waals surface area contributed by atoms with E-state index < -0.39 is 11.5 Å². The molecule has 0 saturated carbocycles. The molecule has 106 valence electrons. The van der Waals surface area contributed by atoms with Gasteiger partial charge in [-0.15, -0.1) is 0 Å². The van der Waals surface area contributed by atoms with E-state index in [1.165, 1.54) is 18.9 Å². The van der Waals surface area contributed by atoms with Crippen molar-refractivity contribution in [2.24, 2.45) is 0 Å². The molecule has 4 nitrogen and oxygen atoms in total. The molecule has 0 spiro atoms. The highest BCUT2D eigenvalue weighted by molar-refractivity contribution is 5.84. The van der Waals surface area contributed by atoms with Crippen LogP contribution in [-0.4, -0.2) is 10.9 Å². The van der Waals surface area contributed by atoms with Crippen LogP contribution < -0.4 is 5.63 Å². The number of carbonyl (C=O) groups is 1. The van der Waals surface area contributed by atoms with Gasteiger partial charge in [0.15, 0.2) is 0 Å². The average molecular weight is 266 g/mol. The van der Waals surface area contributed by atoms with Gasteiger partial charge in [-0.25, -0.2) is 4.79 Å². The summed E-state index contributed by atoms with van der Waals surface area (Å²) >= 11 is 0. The van der Waals surface area contributed by atoms with Gasteiger partial charge in [0, 0.05) is 12.5 Å². The molecule has 0 aliphatic carbocycles. The third-order valence-electron chi connectivity index (χ3n) is 3.21. The Hall–Kier alpha value is -1.58. The monoisotopic (exact) mass is 266 g/mol. The van der Waals surface area contributed by atoms with Gasteiger partial charge in [0.25, 0.3) is 0 Å². The van der Waals surface area contributed by atoms with Gasteiger partial charge in [0.1, 0.15) is 17.3 Å². The second-order valence-corrected chi connectivity index (χ2v) is 4.89. The lowest BCUT2D eigenvalue weighted by Crippen LogP contribution is -2.11. The van der Waals surface area contributed by atoms with Crippen molar-refractivity contribution < 1.29 is 14.3 Å². The molecule has 0 radical (unpaired) electrons. The zero-order chi connectivity index (χ0) is 14.3. The molecule has 1 N–H and O–H groups in total. The number of Topliss-reactive ketones (excluding diaryl/α,β-unsaturated/α-hetero) is 1. The van der Waals surface area contributed by atoms with Crippen LogP contribution in [0, 0.1) is 0 Å². The van der Waals surface area contributed by atoms with Gasteiger partial charge < -0.3 is 9.52 Å². The van der Waals surface area contributed by atoms with Crippen LogP contribution >= 0.6 is 0 Å². The number of aromatic hydroxyl groups is 1. The molecule has 0 aromatic carbocycles. The van der Waals surface area contributed by atoms with Crippen LogP contribution in [0.2, 0.25) is 0 Å². The topological polar surface area (TPSA) is 67.5 Å². The van der Waals surface area contributed by atoms with Crippen molar-refractivity contribution in [1.82, 2.24) is 0 Å². The summed E-state index contributed by atoms with van der Waals surface area (Å²) in [6.45, 7) is 3.85. The van der Waals surface area contributed by atoms with Crippen molar-refractivity contribution in [2.75, 3.05) is 0 Å². The standard InChI is InChI=1S/C15H22O4/c1-3-4-5-6-7-8-13(17)11(2)14-9-12(16)10-15(18)19-14/h9-11,16H,3-8H2,1-2H3. The van der Waals surface area contributed by atoms with E-state index in [2.05, 4.69) is 6.92 Å². The summed E-state index contributed by atoms with van der Waals surface area (Å²) in [4.78, 5) is 23.1. The van der Waals surface area contributed by atoms with Crippen LogP contribution in [-0.2, 0) is 4.79 Å². The van der Waals surface area contributed by atoms with Crippen LogP contribution in [0.25, 0.3) is 0 Å². The summed E-state index contributed by atoms with van der Waals surface area (Å²) in [6.07, 6.45) is 5.94. The third kappa shape index (κ3) is 5.28. The van der Waals surface area contributed by atoms with Crippen molar-refractivity contribution in [3.05, 3.63) is 28.3 Å². The Morgan fingerprint density at radius 1 is 1.26 bits per heavy atom. The van der Waals surface area contributed by atoms with Crippen LogP contribution in [0.4, 0.5) is 0 Å². The average Bonchev–Trinajstić information content (AvgIpc) is 2.36. The van der Waals surface area contributed by atoms with E-state index in [1.807, 2.05) is 0 Å². The summed E-state index contributed by atoms with van der Waals surface area (Å²) in [5.41, 5.74) is -0.627. The van der Waals surface area contributed by atoms with E-state index in [9.17, 15) is 14.7 Å². The quantitative estimate of drug-likeness (QED) is 0.732. The van der Waals surface area contributed by atoms with E-state index in [-0.39, 0.29) is 17.3 Å². The fourth-order valence-electron chi connectivity index (χ4n) is 1.97. The normalized spacial score (nSPS) is 12.3. The Morgan fingerprint density at radius 2 is 1.95 bits per heavy atom. The molecule has 0 saturated heterocycles. The largest absolute Gasteiger partial charge is 0.508 e. The molecule has 19 heavy (non-hydrogen) atoms. The minimum atomic E-state index is -0.627. The van der Waals surface area contributed by atoms with E-state index in [0.29, 0.717) is 6.42 Å². The van der Waals surface area contributed by atoms with E-state index in [0.717, 1.165) is 25.3 Å². The summed E-state index contributed by atoms with van der Waals surface area (Å²) in [5, 5.41) is 9.33. The highest BCUT2D eigenvalue weighted by atomic mass is 16.4. The predicted molar refractivity (Wildman–Crippen MR) is 73.4 cm³/mol. The summed E-state index contributed by atoms with van der Waals surface area (Å²) < 4.78 is 4.95. The molecule has 0 bridgehead atoms. The highest BCUT2D eigenvalue weighted by Gasteiger charge is 2.18. The first-order chi connectivity index (χ1) is 9.04. The lowest BCUT2D eigenvalue weighted by atomic mass is 9.98. The first-order valence-electron chi connectivity index (χ1n) is 6.91. The Bertz CT molecular complexity index is 461. The maximum atomic E-state index is 12.0. The maximum absolute atomic E-state index is 12.0. The maximum Gasteiger partial charge on any atom is 0.339 e. The van der Waals surface area contributed by atoms with Crippen molar-refractivity contribution in [2.45, 2.75) is 58.3 Å². The van der Waals surface area contributed by atoms with Crippen LogP contribution in [0.5, 0.6) is 5.75 Å². The minimum Gasteiger partial charge on any atom is -0.508 e. The summed E-state index contributed by atoms with van der Waals surface area (Å²) in [7, 11) is 0. The number of rotatable bonds is 8. The molecule has 0 amide bonds. The van der Waals surface area contributed by atoms with E-state index >= 15 is 0 Å². The SMILES string of the molecule is CCCCCCCC(=O)C(C)c1cc(O)cc(=O)o1. The Labute approximate surface area is 113 Å². The molecule has 1 atom stereocenters. The van der Waals surface area contributed by atoms with Gasteiger partial charge in [-0.3, -0.25) is 4.79 Å². The number of hydrogen-bond acceptors (Lipinski definition) is 4. The number of ketones is 1. The smallest absolute Gasteiger partial charge is 0.339 e. The molecular weight excluding hydrogens is 244 g/mol. The van der Waals surface area contributed by atoms with Gasteiger partial charge in [0.2, 0.25) is 0 Å². The summed E-state index contributed by atoms with van der Waals surface area (Å²) in [5.74, 6) is -0.353. The molecule has 4 heteroatoms. The third-order valence-corrected chi connectivity index (χ3v) is 3.21. The van der Waals surface area contributed by atoms with Crippen molar-refractivity contribution in [3.8, 4) is 5.75 Å². The highest BCUT2D eigenvalue weighted by Crippen LogP contribution is 2.21. The zero-order valence-corrected chi connectivity index (χ0v) is 11.6. The second-order valence-electron chi connectivity index (χ2n) is 4.89. The Morgan fingerprint density at radius 3 is 2.58 bits per heavy atom. The van der Waals surface area contributed by atoms with E-state index in [1.54, 1.807) is 6.92 Å². The molecule has 0 aliphatic rings. The van der Waals surface area contributed by atoms with Gasteiger partial charge in [-0.2, -0.15) is 0 Å². The molecule has 1 aromatic heterocycles. The Balaban J connectivity index is 2.50. The van der Waals surface area contributed by atoms with Crippen LogP contribution in [0.3, 0.4) is 0 Å². The fraction of sp³-hybridized carbons (Fsp3) is 0.600. The van der Waals surface area contributed by atoms with Gasteiger partial charge in [0.05, 0.1) is 12.0 Å². The Kier molecular flexibility index (Phi) is 6.33. The molecule has 1 rings (SSSR count). The molecular formula is C15H22O4. The number of hydrogen-bond donors (Lipinski definition) is 1. The van der Waals surface area contributed by atoms with Crippen molar-refractivity contribution >= 4 is 5.78 Å². The van der Waals surface area contributed by atoms with Crippen LogP contribution in [0.1, 0.15) is 64.1 Å². The molecule has 1 aromatic rings. The predicted octanol–water partition coefficient (Wildman–Crippen LogP) is 3.38. The number of carbonyl (C=O) groups excluding carboxylic acids is 1. The second kappa shape index (κ2) is 7.77. The molecule has 1 unspecified atom stereocenters. The van der Waals surface area contributed by atoms with Gasteiger partial charge >= 0.3 is 5.63 Å².